The summed E-state index contributed by atoms with van der Waals surface area (Å²) in [7, 11) is 0. The minimum atomic E-state index is -1.22. The molecule has 1 heterocycles. The third kappa shape index (κ3) is 4.15. The highest BCUT2D eigenvalue weighted by Crippen LogP contribution is 2.13. The maximum atomic E-state index is 12.0. The van der Waals surface area contributed by atoms with Gasteiger partial charge < -0.3 is 10.4 Å². The molecular formula is C16H15N3O3. The number of hydrogen-bond acceptors (Lipinski definition) is 4. The van der Waals surface area contributed by atoms with Gasteiger partial charge in [-0.2, -0.15) is 5.26 Å². The molecule has 22 heavy (non-hydrogen) atoms. The molecule has 0 aliphatic carbocycles. The average molecular weight is 297 g/mol. The molecule has 2 rings (SSSR count). The fourth-order valence-corrected chi connectivity index (χ4v) is 1.59. The zero-order chi connectivity index (χ0) is 16.5. The molecule has 0 fully saturated rings. The molecule has 0 aliphatic heterocycles. The number of anilines is 1. The molecule has 0 saturated heterocycles. The monoisotopic (exact) mass is 297 g/mol. The number of nitrogens with one attached hydrogen (secondary N) is 1. The number of hydrogen-bond donors (Lipinski definition) is 2. The van der Waals surface area contributed by atoms with Crippen LogP contribution in [0.25, 0.3) is 0 Å². The van der Waals surface area contributed by atoms with Crippen molar-refractivity contribution in [1.82, 2.24) is 4.98 Å². The first-order valence-corrected chi connectivity index (χ1v) is 6.60. The molecule has 0 atom stereocenters. The van der Waals surface area contributed by atoms with E-state index in [1.165, 1.54) is 12.3 Å². The fourth-order valence-electron chi connectivity index (χ4n) is 1.59. The average Bonchev–Trinajstić information content (AvgIpc) is 2.57. The van der Waals surface area contributed by atoms with Crippen molar-refractivity contribution < 1.29 is 14.7 Å². The van der Waals surface area contributed by atoms with E-state index in [4.69, 9.17) is 10.4 Å². The Balaban J connectivity index is 0.00000116. The number of carbonyl (C=O) groups excluding carboxylic acids is 1. The number of aromatic carboxylic acids is 1. The van der Waals surface area contributed by atoms with Crippen LogP contribution >= 0.6 is 0 Å². The standard InChI is InChI=1S/C14H9N3O3.C2H6/c15-7-9-1-3-10(4-2-9)17-13(18)11-5-6-16-8-12(11)14(19)20;1-2/h1-6,8H,(H,17,18)(H,19,20);1-2H3. The first-order valence-electron chi connectivity index (χ1n) is 6.60. The molecule has 6 nitrogen and oxygen atoms in total. The van der Waals surface area contributed by atoms with Gasteiger partial charge in [0.1, 0.15) is 0 Å². The van der Waals surface area contributed by atoms with Crippen LogP contribution in [0.3, 0.4) is 0 Å². The van der Waals surface area contributed by atoms with Crippen molar-refractivity contribution in [3.05, 3.63) is 59.4 Å². The first-order chi connectivity index (χ1) is 10.6. The summed E-state index contributed by atoms with van der Waals surface area (Å²) in [6, 6.07) is 9.55. The summed E-state index contributed by atoms with van der Waals surface area (Å²) < 4.78 is 0. The second-order valence-electron chi connectivity index (χ2n) is 3.87. The molecule has 6 heteroatoms. The number of carboxylic acids is 1. The molecule has 0 bridgehead atoms. The van der Waals surface area contributed by atoms with Gasteiger partial charge in [-0.05, 0) is 30.3 Å². The van der Waals surface area contributed by atoms with E-state index in [-0.39, 0.29) is 11.1 Å². The van der Waals surface area contributed by atoms with Gasteiger partial charge in [0.05, 0.1) is 22.8 Å². The number of rotatable bonds is 3. The van der Waals surface area contributed by atoms with Gasteiger partial charge in [0, 0.05) is 18.1 Å². The third-order valence-corrected chi connectivity index (χ3v) is 2.57. The van der Waals surface area contributed by atoms with E-state index in [9.17, 15) is 9.59 Å². The molecule has 2 N–H and O–H groups in total. The third-order valence-electron chi connectivity index (χ3n) is 2.57. The molecule has 112 valence electrons. The van der Waals surface area contributed by atoms with Crippen LogP contribution < -0.4 is 5.32 Å². The van der Waals surface area contributed by atoms with Crippen LogP contribution in [0.4, 0.5) is 5.69 Å². The number of benzene rings is 1. The number of nitrogens with zero attached hydrogens (tertiary/aromatic N) is 2. The summed E-state index contributed by atoms with van der Waals surface area (Å²) in [6.07, 6.45) is 2.47. The van der Waals surface area contributed by atoms with E-state index in [0.717, 1.165) is 6.20 Å². The Morgan fingerprint density at radius 2 is 1.77 bits per heavy atom. The Kier molecular flexibility index (Phi) is 6.26. The lowest BCUT2D eigenvalue weighted by atomic mass is 10.1. The quantitative estimate of drug-likeness (QED) is 0.906. The van der Waals surface area contributed by atoms with Crippen LogP contribution in [0, 0.1) is 11.3 Å². The number of carboxylic acid groups (broad SMARTS) is 1. The number of aromatic nitrogens is 1. The summed E-state index contributed by atoms with van der Waals surface area (Å²) in [4.78, 5) is 26.7. The highest BCUT2D eigenvalue weighted by Gasteiger charge is 2.16. The van der Waals surface area contributed by atoms with Crippen molar-refractivity contribution >= 4 is 17.6 Å². The second-order valence-corrected chi connectivity index (χ2v) is 3.87. The second kappa shape index (κ2) is 8.17. The summed E-state index contributed by atoms with van der Waals surface area (Å²) in [5, 5.41) is 20.2. The van der Waals surface area contributed by atoms with E-state index < -0.39 is 11.9 Å². The Bertz CT molecular complexity index is 703. The topological polar surface area (TPSA) is 103 Å². The van der Waals surface area contributed by atoms with E-state index in [2.05, 4.69) is 10.3 Å². The Labute approximate surface area is 128 Å². The molecule has 0 spiro atoms. The van der Waals surface area contributed by atoms with Crippen LogP contribution in [0.15, 0.2) is 42.7 Å². The van der Waals surface area contributed by atoms with Gasteiger partial charge in [-0.25, -0.2) is 4.79 Å². The SMILES string of the molecule is CC.N#Cc1ccc(NC(=O)c2ccncc2C(=O)O)cc1. The Morgan fingerprint density at radius 3 is 2.32 bits per heavy atom. The lowest BCUT2D eigenvalue weighted by Crippen LogP contribution is -2.16. The van der Waals surface area contributed by atoms with Crippen molar-refractivity contribution in [2.75, 3.05) is 5.32 Å². The van der Waals surface area contributed by atoms with Crippen LogP contribution in [0.5, 0.6) is 0 Å². The van der Waals surface area contributed by atoms with Gasteiger partial charge in [-0.1, -0.05) is 13.8 Å². The van der Waals surface area contributed by atoms with Crippen molar-refractivity contribution in [3.8, 4) is 6.07 Å². The number of pyridine rings is 1. The van der Waals surface area contributed by atoms with Crippen molar-refractivity contribution in [2.24, 2.45) is 0 Å². The van der Waals surface area contributed by atoms with E-state index in [1.54, 1.807) is 24.3 Å². The van der Waals surface area contributed by atoms with Gasteiger partial charge in [0.15, 0.2) is 0 Å². The van der Waals surface area contributed by atoms with E-state index in [0.29, 0.717) is 11.3 Å². The molecule has 0 saturated carbocycles. The molecular weight excluding hydrogens is 282 g/mol. The summed E-state index contributed by atoms with van der Waals surface area (Å²) in [5.74, 6) is -1.77. The van der Waals surface area contributed by atoms with Gasteiger partial charge >= 0.3 is 5.97 Å². The van der Waals surface area contributed by atoms with Crippen LogP contribution in [-0.4, -0.2) is 22.0 Å². The van der Waals surface area contributed by atoms with Gasteiger partial charge in [0.25, 0.3) is 5.91 Å². The van der Waals surface area contributed by atoms with Gasteiger partial charge in [-0.15, -0.1) is 0 Å². The maximum Gasteiger partial charge on any atom is 0.338 e. The minimum Gasteiger partial charge on any atom is -0.478 e. The molecule has 0 unspecified atom stereocenters. The lowest BCUT2D eigenvalue weighted by molar-refractivity contribution is 0.0692. The fraction of sp³-hybridized carbons (Fsp3) is 0.125. The zero-order valence-corrected chi connectivity index (χ0v) is 12.2. The number of nitriles is 1. The smallest absolute Gasteiger partial charge is 0.338 e. The lowest BCUT2D eigenvalue weighted by Gasteiger charge is -2.07. The highest BCUT2D eigenvalue weighted by molar-refractivity contribution is 6.10. The normalized spacial score (nSPS) is 8.95. The van der Waals surface area contributed by atoms with E-state index in [1.807, 2.05) is 19.9 Å². The predicted octanol–water partition coefficient (Wildman–Crippen LogP) is 2.93. The summed E-state index contributed by atoms with van der Waals surface area (Å²) in [6.45, 7) is 4.00. The number of amides is 1. The van der Waals surface area contributed by atoms with Crippen LogP contribution in [-0.2, 0) is 0 Å². The number of carbonyl (C=O) groups is 2. The van der Waals surface area contributed by atoms with Crippen LogP contribution in [0.1, 0.15) is 40.1 Å². The van der Waals surface area contributed by atoms with Gasteiger partial charge in [-0.3, -0.25) is 9.78 Å². The molecule has 1 aromatic carbocycles. The first kappa shape index (κ1) is 16.9. The molecule has 2 aromatic rings. The van der Waals surface area contributed by atoms with Crippen molar-refractivity contribution in [1.29, 1.82) is 5.26 Å². The highest BCUT2D eigenvalue weighted by atomic mass is 16.4. The van der Waals surface area contributed by atoms with Crippen molar-refractivity contribution in [2.45, 2.75) is 13.8 Å². The summed E-state index contributed by atoms with van der Waals surface area (Å²) >= 11 is 0. The minimum absolute atomic E-state index is 0.0249. The largest absolute Gasteiger partial charge is 0.478 e. The Hall–Kier alpha value is -3.20. The van der Waals surface area contributed by atoms with Gasteiger partial charge in [0.2, 0.25) is 0 Å². The molecule has 0 radical (unpaired) electrons. The summed E-state index contributed by atoms with van der Waals surface area (Å²) in [5.41, 5.74) is 0.802. The van der Waals surface area contributed by atoms with Crippen molar-refractivity contribution in [3.63, 3.8) is 0 Å². The van der Waals surface area contributed by atoms with E-state index >= 15 is 0 Å². The maximum absolute atomic E-state index is 12.0. The predicted molar refractivity (Wildman–Crippen MR) is 81.7 cm³/mol. The van der Waals surface area contributed by atoms with Crippen LogP contribution in [0.2, 0.25) is 0 Å². The molecule has 0 aliphatic rings. The molecule has 1 amide bonds. The molecule has 1 aromatic heterocycles. The Morgan fingerprint density at radius 1 is 1.14 bits per heavy atom. The zero-order valence-electron chi connectivity index (χ0n) is 12.2.